The number of nitrogens with zero attached hydrogens (tertiary/aromatic N) is 2. The molecule has 0 spiro atoms. The van der Waals surface area contributed by atoms with Crippen LogP contribution in [0.2, 0.25) is 0 Å². The van der Waals surface area contributed by atoms with E-state index in [4.69, 9.17) is 9.41 Å². The van der Waals surface area contributed by atoms with Crippen LogP contribution in [0.5, 0.6) is 0 Å². The molecule has 0 saturated carbocycles. The lowest BCUT2D eigenvalue weighted by Crippen LogP contribution is -2.40. The summed E-state index contributed by atoms with van der Waals surface area (Å²) in [7, 11) is 0. The molecular weight excluding hydrogens is 594 g/mol. The molecule has 0 bridgehead atoms. The van der Waals surface area contributed by atoms with E-state index >= 15 is 0 Å². The summed E-state index contributed by atoms with van der Waals surface area (Å²) in [5.74, 6) is 1.01. The minimum Gasteiger partial charge on any atom is -0.457 e. The number of benzene rings is 2. The zero-order valence-electron chi connectivity index (χ0n) is 21.0. The molecule has 1 aliphatic heterocycles. The number of nitrogens with one attached hydrogen (secondary N) is 1. The summed E-state index contributed by atoms with van der Waals surface area (Å²) in [6, 6.07) is 22.5. The number of thiazole rings is 1. The Hall–Kier alpha value is -3.79. The normalized spacial score (nSPS) is 15.3. The highest BCUT2D eigenvalue weighted by Crippen LogP contribution is 2.33. The van der Waals surface area contributed by atoms with Crippen molar-refractivity contribution < 1.29 is 9.21 Å². The zero-order chi connectivity index (χ0) is 27.1. The lowest BCUT2D eigenvalue weighted by molar-refractivity contribution is -0.113. The van der Waals surface area contributed by atoms with Crippen LogP contribution in [-0.2, 0) is 4.79 Å². The van der Waals surface area contributed by atoms with Crippen LogP contribution in [0.1, 0.15) is 29.2 Å². The van der Waals surface area contributed by atoms with Crippen molar-refractivity contribution in [3.8, 4) is 11.3 Å². The second kappa shape index (κ2) is 10.4. The Kier molecular flexibility index (Phi) is 6.80. The first-order valence-electron chi connectivity index (χ1n) is 12.2. The molecule has 5 aromatic rings. The number of carbonyl (C=O) groups is 1. The number of aryl methyl sites for hydroxylation is 1. The summed E-state index contributed by atoms with van der Waals surface area (Å²) in [4.78, 5) is 33.6. The maximum absolute atomic E-state index is 13.8. The zero-order valence-corrected chi connectivity index (χ0v) is 24.2. The number of furan rings is 1. The average molecular weight is 617 g/mol. The van der Waals surface area contributed by atoms with Gasteiger partial charge >= 0.3 is 0 Å². The summed E-state index contributed by atoms with van der Waals surface area (Å²) in [6.07, 6.45) is 1.74. The van der Waals surface area contributed by atoms with Crippen molar-refractivity contribution in [2.45, 2.75) is 19.9 Å². The second-order valence-corrected chi connectivity index (χ2v) is 12.0. The van der Waals surface area contributed by atoms with E-state index in [0.29, 0.717) is 32.1 Å². The van der Waals surface area contributed by atoms with Crippen LogP contribution < -0.4 is 20.2 Å². The van der Waals surface area contributed by atoms with Crippen LogP contribution in [0.25, 0.3) is 17.4 Å². The standard InChI is InChI=1S/C30H22BrN3O3S2/c1-17-6-3-4-7-22(17)33-28(35)26-18(2)32-30-34(27(26)24-8-5-15-38-24)29(36)25(39-30)16-21-13-14-23(37-21)19-9-11-20(31)12-10-19/h3-16,27H,1-2H3,(H,33,35). The van der Waals surface area contributed by atoms with Gasteiger partial charge in [-0.2, -0.15) is 0 Å². The molecule has 0 radical (unpaired) electrons. The average Bonchev–Trinajstić information content (AvgIpc) is 3.67. The molecule has 1 amide bonds. The minimum absolute atomic E-state index is 0.215. The fraction of sp³-hybridized carbons (Fsp3) is 0.100. The van der Waals surface area contributed by atoms with Gasteiger partial charge in [-0.3, -0.25) is 14.2 Å². The van der Waals surface area contributed by atoms with Gasteiger partial charge in [0.15, 0.2) is 4.80 Å². The number of halogens is 1. The molecule has 1 atom stereocenters. The van der Waals surface area contributed by atoms with Crippen LogP contribution >= 0.6 is 38.6 Å². The highest BCUT2D eigenvalue weighted by molar-refractivity contribution is 9.10. The van der Waals surface area contributed by atoms with E-state index < -0.39 is 6.04 Å². The van der Waals surface area contributed by atoms with E-state index in [1.807, 2.05) is 92.0 Å². The smallest absolute Gasteiger partial charge is 0.271 e. The third-order valence-corrected chi connectivity index (χ3v) is 8.94. The molecule has 6 nitrogen and oxygen atoms in total. The number of carbonyl (C=O) groups excluding carboxylic acids is 1. The lowest BCUT2D eigenvalue weighted by atomic mass is 10.0. The fourth-order valence-electron chi connectivity index (χ4n) is 4.56. The maximum atomic E-state index is 13.8. The molecule has 1 N–H and O–H groups in total. The first-order valence-corrected chi connectivity index (χ1v) is 14.7. The van der Waals surface area contributed by atoms with Crippen LogP contribution in [0.15, 0.2) is 108 Å². The molecule has 1 aliphatic rings. The maximum Gasteiger partial charge on any atom is 0.271 e. The quantitative estimate of drug-likeness (QED) is 0.253. The van der Waals surface area contributed by atoms with Gasteiger partial charge in [-0.1, -0.05) is 63.7 Å². The van der Waals surface area contributed by atoms with Crippen molar-refractivity contribution in [1.29, 1.82) is 0 Å². The Bertz CT molecular complexity index is 1910. The molecule has 3 aromatic heterocycles. The second-order valence-electron chi connectivity index (χ2n) is 9.08. The van der Waals surface area contributed by atoms with E-state index in [1.54, 1.807) is 10.6 Å². The SMILES string of the molecule is CC1=C(C(=O)Nc2ccccc2C)C(c2cccs2)n2c(sc(=Cc3ccc(-c4ccc(Br)cc4)o3)c2=O)=N1. The van der Waals surface area contributed by atoms with Gasteiger partial charge < -0.3 is 9.73 Å². The van der Waals surface area contributed by atoms with E-state index in [-0.39, 0.29) is 11.5 Å². The van der Waals surface area contributed by atoms with Crippen molar-refractivity contribution in [2.24, 2.45) is 4.99 Å². The summed E-state index contributed by atoms with van der Waals surface area (Å²) < 4.78 is 9.14. The fourth-order valence-corrected chi connectivity index (χ4v) is 6.67. The third kappa shape index (κ3) is 4.89. The van der Waals surface area contributed by atoms with Crippen LogP contribution in [0.3, 0.4) is 0 Å². The topological polar surface area (TPSA) is 76.6 Å². The van der Waals surface area contributed by atoms with Crippen molar-refractivity contribution >= 4 is 56.3 Å². The van der Waals surface area contributed by atoms with Gasteiger partial charge in [0.2, 0.25) is 0 Å². The number of allylic oxidation sites excluding steroid dienone is 1. The number of hydrogen-bond acceptors (Lipinski definition) is 6. The van der Waals surface area contributed by atoms with Crippen LogP contribution in [0, 0.1) is 6.92 Å². The number of para-hydroxylation sites is 1. The molecule has 9 heteroatoms. The Balaban J connectivity index is 1.42. The molecular formula is C30H22BrN3O3S2. The molecule has 194 valence electrons. The van der Waals surface area contributed by atoms with Gasteiger partial charge in [-0.05, 0) is 61.2 Å². The number of amides is 1. The molecule has 0 fully saturated rings. The Morgan fingerprint density at radius 3 is 2.59 bits per heavy atom. The summed E-state index contributed by atoms with van der Waals surface area (Å²) in [5, 5.41) is 4.98. The van der Waals surface area contributed by atoms with Gasteiger partial charge in [0, 0.05) is 26.7 Å². The van der Waals surface area contributed by atoms with E-state index in [9.17, 15) is 9.59 Å². The van der Waals surface area contributed by atoms with Crippen molar-refractivity contribution in [3.05, 3.63) is 130 Å². The van der Waals surface area contributed by atoms with Crippen LogP contribution in [-0.4, -0.2) is 10.5 Å². The summed E-state index contributed by atoms with van der Waals surface area (Å²) in [5.41, 5.74) is 3.45. The Labute approximate surface area is 240 Å². The monoisotopic (exact) mass is 615 g/mol. The number of thiophene rings is 1. The van der Waals surface area contributed by atoms with Crippen LogP contribution in [0.4, 0.5) is 5.69 Å². The Morgan fingerprint density at radius 2 is 1.85 bits per heavy atom. The number of rotatable bonds is 5. The van der Waals surface area contributed by atoms with Gasteiger partial charge in [0.1, 0.15) is 17.6 Å². The lowest BCUT2D eigenvalue weighted by Gasteiger charge is -2.24. The molecule has 2 aromatic carbocycles. The van der Waals surface area contributed by atoms with Gasteiger partial charge in [0.05, 0.1) is 15.8 Å². The number of aromatic nitrogens is 1. The highest BCUT2D eigenvalue weighted by Gasteiger charge is 2.33. The summed E-state index contributed by atoms with van der Waals surface area (Å²) >= 11 is 6.25. The molecule has 6 rings (SSSR count). The Morgan fingerprint density at radius 1 is 1.05 bits per heavy atom. The number of fused-ring (bicyclic) bond motifs is 1. The van der Waals surface area contributed by atoms with Gasteiger partial charge in [-0.25, -0.2) is 4.99 Å². The van der Waals surface area contributed by atoms with Gasteiger partial charge in [0.25, 0.3) is 11.5 Å². The number of anilines is 1. The largest absolute Gasteiger partial charge is 0.457 e. The van der Waals surface area contributed by atoms with E-state index in [0.717, 1.165) is 26.2 Å². The predicted molar refractivity (Wildman–Crippen MR) is 160 cm³/mol. The molecule has 1 unspecified atom stereocenters. The molecule has 0 aliphatic carbocycles. The van der Waals surface area contributed by atoms with E-state index in [1.165, 1.54) is 22.7 Å². The molecule has 4 heterocycles. The van der Waals surface area contributed by atoms with E-state index in [2.05, 4.69) is 21.2 Å². The van der Waals surface area contributed by atoms with Crippen molar-refractivity contribution in [3.63, 3.8) is 0 Å². The predicted octanol–water partition coefficient (Wildman–Crippen LogP) is 6.27. The van der Waals surface area contributed by atoms with Gasteiger partial charge in [-0.15, -0.1) is 11.3 Å². The van der Waals surface area contributed by atoms with Crippen molar-refractivity contribution in [2.75, 3.05) is 5.32 Å². The number of hydrogen-bond donors (Lipinski definition) is 1. The third-order valence-electron chi connectivity index (χ3n) is 6.50. The highest BCUT2D eigenvalue weighted by atomic mass is 79.9. The van der Waals surface area contributed by atoms with Crippen molar-refractivity contribution in [1.82, 2.24) is 4.57 Å². The first-order chi connectivity index (χ1) is 18.9. The minimum atomic E-state index is -0.581. The molecule has 39 heavy (non-hydrogen) atoms. The molecule has 0 saturated heterocycles. The summed E-state index contributed by atoms with van der Waals surface area (Å²) in [6.45, 7) is 3.76. The first kappa shape index (κ1) is 25.5.